The molecule has 1 saturated heterocycles. The second kappa shape index (κ2) is 9.78. The lowest BCUT2D eigenvalue weighted by molar-refractivity contribution is -0.121. The Morgan fingerprint density at radius 3 is 2.66 bits per heavy atom. The van der Waals surface area contributed by atoms with Gasteiger partial charge < -0.3 is 25.4 Å². The van der Waals surface area contributed by atoms with Crippen LogP contribution in [0.4, 0.5) is 5.69 Å². The van der Waals surface area contributed by atoms with Gasteiger partial charge in [-0.05, 0) is 31.2 Å². The fourth-order valence-electron chi connectivity index (χ4n) is 4.26. The summed E-state index contributed by atoms with van der Waals surface area (Å²) < 4.78 is 11.0. The van der Waals surface area contributed by atoms with Gasteiger partial charge in [0.15, 0.2) is 0 Å². The van der Waals surface area contributed by atoms with Crippen molar-refractivity contribution in [3.8, 4) is 5.75 Å². The summed E-state index contributed by atoms with van der Waals surface area (Å²) in [4.78, 5) is 26.7. The first-order valence-corrected chi connectivity index (χ1v) is 10.5. The van der Waals surface area contributed by atoms with E-state index in [4.69, 9.17) is 26.8 Å². The van der Waals surface area contributed by atoms with E-state index in [9.17, 15) is 9.59 Å². The number of nitrogens with one attached hydrogen (secondary N) is 1. The van der Waals surface area contributed by atoms with Crippen molar-refractivity contribution in [3.05, 3.63) is 22.7 Å². The number of nitrogen functional groups attached to an aromatic ring is 1. The number of anilines is 1. The molecule has 160 valence electrons. The standard InChI is InChI=1S/C21H30ClN3O4/c1-28-19-10-17(23)16(22)9-15(19)21(27)24-18-7-8-25(12-20(18)29-2)11-13-3-5-14(26)6-4-13/h9-10,13,18,20H,3-8,11-12,23H2,1-2H3,(H,24,27). The van der Waals surface area contributed by atoms with E-state index in [0.717, 1.165) is 38.9 Å². The molecule has 3 N–H and O–H groups in total. The second-order valence-corrected chi connectivity index (χ2v) is 8.37. The van der Waals surface area contributed by atoms with Crippen LogP contribution in [0.15, 0.2) is 12.1 Å². The first-order valence-electron chi connectivity index (χ1n) is 10.1. The Morgan fingerprint density at radius 1 is 1.28 bits per heavy atom. The van der Waals surface area contributed by atoms with E-state index in [1.807, 2.05) is 0 Å². The fourth-order valence-corrected chi connectivity index (χ4v) is 4.42. The lowest BCUT2D eigenvalue weighted by Crippen LogP contribution is -2.55. The first-order chi connectivity index (χ1) is 13.9. The predicted molar refractivity (Wildman–Crippen MR) is 112 cm³/mol. The maximum atomic E-state index is 12.9. The van der Waals surface area contributed by atoms with Crippen molar-refractivity contribution in [1.29, 1.82) is 0 Å². The SMILES string of the molecule is COc1cc(N)c(Cl)cc1C(=O)NC1CCN(CC2CCC(=O)CC2)CC1OC. The van der Waals surface area contributed by atoms with Crippen LogP contribution in [-0.2, 0) is 9.53 Å². The van der Waals surface area contributed by atoms with Crippen LogP contribution in [0, 0.1) is 5.92 Å². The Balaban J connectivity index is 1.60. The minimum Gasteiger partial charge on any atom is -0.496 e. The van der Waals surface area contributed by atoms with E-state index >= 15 is 0 Å². The number of amides is 1. The van der Waals surface area contributed by atoms with Crippen molar-refractivity contribution < 1.29 is 19.1 Å². The van der Waals surface area contributed by atoms with Crippen LogP contribution in [0.1, 0.15) is 42.5 Å². The third-order valence-corrected chi connectivity index (χ3v) is 6.33. The molecule has 3 rings (SSSR count). The van der Waals surface area contributed by atoms with Gasteiger partial charge in [-0.3, -0.25) is 9.59 Å². The third-order valence-electron chi connectivity index (χ3n) is 6.01. The van der Waals surface area contributed by atoms with Crippen LogP contribution >= 0.6 is 11.6 Å². The number of likely N-dealkylation sites (tertiary alicyclic amines) is 1. The molecule has 1 saturated carbocycles. The van der Waals surface area contributed by atoms with Crippen molar-refractivity contribution in [1.82, 2.24) is 10.2 Å². The highest BCUT2D eigenvalue weighted by Gasteiger charge is 2.32. The second-order valence-electron chi connectivity index (χ2n) is 7.96. The molecule has 1 heterocycles. The Labute approximate surface area is 176 Å². The number of benzene rings is 1. The van der Waals surface area contributed by atoms with Gasteiger partial charge in [-0.15, -0.1) is 0 Å². The normalized spacial score (nSPS) is 23.8. The molecule has 2 fully saturated rings. The largest absolute Gasteiger partial charge is 0.496 e. The highest BCUT2D eigenvalue weighted by atomic mass is 35.5. The highest BCUT2D eigenvalue weighted by molar-refractivity contribution is 6.33. The van der Waals surface area contributed by atoms with Gasteiger partial charge in [0.2, 0.25) is 0 Å². The summed E-state index contributed by atoms with van der Waals surface area (Å²) >= 11 is 6.09. The Hall–Kier alpha value is -1.83. The molecule has 2 aliphatic rings. The maximum Gasteiger partial charge on any atom is 0.255 e. The Morgan fingerprint density at radius 2 is 2.00 bits per heavy atom. The molecule has 1 amide bonds. The number of halogens is 1. The number of ether oxygens (including phenoxy) is 2. The number of nitrogens with zero attached hydrogens (tertiary/aromatic N) is 1. The zero-order valence-corrected chi connectivity index (χ0v) is 17.8. The molecule has 1 aliphatic heterocycles. The van der Waals surface area contributed by atoms with Crippen LogP contribution in [0.2, 0.25) is 5.02 Å². The molecule has 7 nitrogen and oxygen atoms in total. The molecule has 2 atom stereocenters. The first kappa shape index (κ1) is 21.9. The molecule has 29 heavy (non-hydrogen) atoms. The van der Waals surface area contributed by atoms with E-state index in [1.165, 1.54) is 13.2 Å². The van der Waals surface area contributed by atoms with Crippen LogP contribution < -0.4 is 15.8 Å². The topological polar surface area (TPSA) is 93.9 Å². The number of ketones is 1. The van der Waals surface area contributed by atoms with E-state index in [2.05, 4.69) is 10.2 Å². The number of carbonyl (C=O) groups is 2. The van der Waals surface area contributed by atoms with Crippen molar-refractivity contribution in [2.24, 2.45) is 5.92 Å². The Kier molecular flexibility index (Phi) is 7.38. The van der Waals surface area contributed by atoms with E-state index < -0.39 is 0 Å². The van der Waals surface area contributed by atoms with Crippen LogP contribution in [0.5, 0.6) is 5.75 Å². The molecule has 0 radical (unpaired) electrons. The monoisotopic (exact) mass is 423 g/mol. The van der Waals surface area contributed by atoms with Gasteiger partial charge >= 0.3 is 0 Å². The average Bonchev–Trinajstić information content (AvgIpc) is 2.72. The van der Waals surface area contributed by atoms with Crippen LogP contribution in [0.25, 0.3) is 0 Å². The maximum absolute atomic E-state index is 12.9. The molecule has 0 aromatic heterocycles. The number of methoxy groups -OCH3 is 2. The summed E-state index contributed by atoms with van der Waals surface area (Å²) in [5, 5.41) is 3.39. The molecular weight excluding hydrogens is 394 g/mol. The third kappa shape index (κ3) is 5.41. The van der Waals surface area contributed by atoms with E-state index in [-0.39, 0.29) is 18.1 Å². The minimum atomic E-state index is -0.255. The molecule has 8 heteroatoms. The quantitative estimate of drug-likeness (QED) is 0.683. The number of nitrogens with two attached hydrogens (primary N) is 1. The van der Waals surface area contributed by atoms with Crippen molar-refractivity contribution in [2.45, 2.75) is 44.2 Å². The zero-order valence-electron chi connectivity index (χ0n) is 17.1. The summed E-state index contributed by atoms with van der Waals surface area (Å²) in [7, 11) is 3.17. The number of Topliss-reactive ketones (excluding diaryl/α,β-unsaturated/α-hetero) is 1. The van der Waals surface area contributed by atoms with Gasteiger partial charge in [0.05, 0.1) is 35.5 Å². The van der Waals surface area contributed by atoms with Gasteiger partial charge in [0.1, 0.15) is 11.5 Å². The summed E-state index contributed by atoms with van der Waals surface area (Å²) in [5.41, 5.74) is 6.53. The van der Waals surface area contributed by atoms with Gasteiger partial charge in [-0.25, -0.2) is 0 Å². The average molecular weight is 424 g/mol. The van der Waals surface area contributed by atoms with E-state index in [1.54, 1.807) is 13.2 Å². The smallest absolute Gasteiger partial charge is 0.255 e. The number of hydrogen-bond donors (Lipinski definition) is 2. The highest BCUT2D eigenvalue weighted by Crippen LogP contribution is 2.29. The summed E-state index contributed by atoms with van der Waals surface area (Å²) in [6.07, 6.45) is 4.05. The lowest BCUT2D eigenvalue weighted by atomic mass is 9.87. The summed E-state index contributed by atoms with van der Waals surface area (Å²) in [6.45, 7) is 2.62. The van der Waals surface area contributed by atoms with Gasteiger partial charge in [0, 0.05) is 45.7 Å². The fraction of sp³-hybridized carbons (Fsp3) is 0.619. The van der Waals surface area contributed by atoms with Crippen molar-refractivity contribution in [2.75, 3.05) is 39.6 Å². The zero-order chi connectivity index (χ0) is 21.0. The molecule has 0 spiro atoms. The molecule has 2 unspecified atom stereocenters. The summed E-state index contributed by atoms with van der Waals surface area (Å²) in [5.74, 6) is 1.09. The Bertz CT molecular complexity index is 748. The van der Waals surface area contributed by atoms with Crippen LogP contribution in [0.3, 0.4) is 0 Å². The summed E-state index contributed by atoms with van der Waals surface area (Å²) in [6, 6.07) is 2.99. The number of hydrogen-bond acceptors (Lipinski definition) is 6. The molecular formula is C21H30ClN3O4. The number of piperidine rings is 1. The van der Waals surface area contributed by atoms with Crippen LogP contribution in [-0.4, -0.2) is 62.6 Å². The van der Waals surface area contributed by atoms with Gasteiger partial charge in [-0.2, -0.15) is 0 Å². The molecule has 0 bridgehead atoms. The predicted octanol–water partition coefficient (Wildman–Crippen LogP) is 2.51. The minimum absolute atomic E-state index is 0.0993. The molecule has 1 aliphatic carbocycles. The molecule has 1 aromatic rings. The van der Waals surface area contributed by atoms with Crippen molar-refractivity contribution in [3.63, 3.8) is 0 Å². The van der Waals surface area contributed by atoms with Gasteiger partial charge in [0.25, 0.3) is 5.91 Å². The van der Waals surface area contributed by atoms with Crippen molar-refractivity contribution >= 4 is 29.0 Å². The molecule has 1 aromatic carbocycles. The number of carbonyl (C=O) groups excluding carboxylic acids is 2. The van der Waals surface area contributed by atoms with E-state index in [0.29, 0.717) is 46.6 Å². The van der Waals surface area contributed by atoms with Gasteiger partial charge in [-0.1, -0.05) is 11.6 Å². The lowest BCUT2D eigenvalue weighted by Gasteiger charge is -2.40. The number of rotatable bonds is 6.